The van der Waals surface area contributed by atoms with E-state index in [0.29, 0.717) is 28.7 Å². The highest BCUT2D eigenvalue weighted by molar-refractivity contribution is 6.71. The van der Waals surface area contributed by atoms with Gasteiger partial charge >= 0.3 is 5.97 Å². The maximum atomic E-state index is 11.5. The lowest BCUT2D eigenvalue weighted by molar-refractivity contribution is -0.230. The number of aliphatic carboxylic acids is 1. The van der Waals surface area contributed by atoms with Crippen LogP contribution in [-0.2, 0) is 23.7 Å². The van der Waals surface area contributed by atoms with Crippen LogP contribution in [0, 0.1) is 0 Å². The SMILES string of the molecule is COc1ccc(C=CC(=O)O)c(C(C)(O[Si](C)(C)C)C(C[Si])(O[Si](C)(C)C)O[Si](C)(C)C)c1OC. The van der Waals surface area contributed by atoms with Gasteiger partial charge in [-0.25, -0.2) is 4.79 Å². The summed E-state index contributed by atoms with van der Waals surface area (Å²) in [6.07, 6.45) is 2.65. The molecule has 197 valence electrons. The van der Waals surface area contributed by atoms with Gasteiger partial charge in [0.15, 0.2) is 42.2 Å². The van der Waals surface area contributed by atoms with Gasteiger partial charge in [-0.05, 0) is 89.6 Å². The molecule has 0 saturated heterocycles. The van der Waals surface area contributed by atoms with Crippen molar-refractivity contribution in [3.05, 3.63) is 29.3 Å². The number of carboxylic acids is 1. The largest absolute Gasteiger partial charge is 0.493 e. The average Bonchev–Trinajstić information content (AvgIpc) is 2.67. The number of benzene rings is 1. The summed E-state index contributed by atoms with van der Waals surface area (Å²) in [6.45, 7) is 20.9. The van der Waals surface area contributed by atoms with Crippen molar-refractivity contribution in [3.8, 4) is 11.5 Å². The number of rotatable bonds is 13. The molecule has 0 saturated carbocycles. The monoisotopic (exact) mass is 555 g/mol. The number of carboxylic acid groups (broad SMARTS) is 1. The smallest absolute Gasteiger partial charge is 0.328 e. The predicted octanol–water partition coefficient (Wildman–Crippen LogP) is 5.85. The molecule has 0 spiro atoms. The van der Waals surface area contributed by atoms with Crippen LogP contribution < -0.4 is 9.47 Å². The summed E-state index contributed by atoms with van der Waals surface area (Å²) >= 11 is 0. The summed E-state index contributed by atoms with van der Waals surface area (Å²) in [7, 11) is 0.224. The molecule has 0 amide bonds. The highest BCUT2D eigenvalue weighted by Crippen LogP contribution is 2.53. The van der Waals surface area contributed by atoms with E-state index in [0.717, 1.165) is 6.08 Å². The Bertz CT molecular complexity index is 898. The Morgan fingerprint density at radius 2 is 1.40 bits per heavy atom. The van der Waals surface area contributed by atoms with Crippen LogP contribution in [0.25, 0.3) is 6.08 Å². The molecule has 0 bridgehead atoms. The summed E-state index contributed by atoms with van der Waals surface area (Å²) in [5, 5.41) is 9.38. The second-order valence-corrected chi connectivity index (χ2v) is 25.2. The molecule has 11 heteroatoms. The van der Waals surface area contributed by atoms with Gasteiger partial charge in [-0.15, -0.1) is 0 Å². The maximum absolute atomic E-state index is 11.5. The van der Waals surface area contributed by atoms with E-state index in [4.69, 9.17) is 22.8 Å². The minimum atomic E-state index is -2.27. The van der Waals surface area contributed by atoms with Crippen molar-refractivity contribution in [2.24, 2.45) is 0 Å². The molecule has 1 aromatic rings. The molecular weight excluding hydrogens is 513 g/mol. The van der Waals surface area contributed by atoms with Crippen LogP contribution in [0.1, 0.15) is 18.1 Å². The standard InChI is InChI=1S/C24H43O7Si4/c1-23(29-33(4,5)6,24(17-32,30-34(7,8)9)31-35(10,11)12)21-18(14-16-20(25)26)13-15-19(27-2)22(21)28-3/h13-16H,17H2,1-12H3,(H,25,26). The van der Waals surface area contributed by atoms with Crippen LogP contribution in [0.5, 0.6) is 11.5 Å². The van der Waals surface area contributed by atoms with Gasteiger partial charge in [-0.1, -0.05) is 6.07 Å². The molecule has 1 atom stereocenters. The van der Waals surface area contributed by atoms with Crippen molar-refractivity contribution >= 4 is 47.2 Å². The normalized spacial score (nSPS) is 15.2. The zero-order chi connectivity index (χ0) is 27.5. The predicted molar refractivity (Wildman–Crippen MR) is 150 cm³/mol. The van der Waals surface area contributed by atoms with Crippen LogP contribution in [0.4, 0.5) is 0 Å². The van der Waals surface area contributed by atoms with Gasteiger partial charge in [0.05, 0.1) is 14.2 Å². The summed E-state index contributed by atoms with van der Waals surface area (Å²) in [5.41, 5.74) is 0.0420. The number of methoxy groups -OCH3 is 2. The first-order chi connectivity index (χ1) is 15.7. The fourth-order valence-electron chi connectivity index (χ4n) is 4.11. The molecular formula is C24H43O7Si4. The van der Waals surface area contributed by atoms with Crippen LogP contribution in [0.2, 0.25) is 65.0 Å². The molecule has 0 aromatic heterocycles. The number of carbonyl (C=O) groups is 1. The van der Waals surface area contributed by atoms with Gasteiger partial charge < -0.3 is 27.9 Å². The molecule has 0 heterocycles. The summed E-state index contributed by atoms with van der Waals surface area (Å²) in [5.74, 6) is -1.33. The minimum Gasteiger partial charge on any atom is -0.493 e. The zero-order valence-corrected chi connectivity index (χ0v) is 27.4. The topological polar surface area (TPSA) is 83.5 Å². The Kier molecular flexibility index (Phi) is 10.4. The van der Waals surface area contributed by atoms with Gasteiger partial charge in [0.25, 0.3) is 0 Å². The van der Waals surface area contributed by atoms with Gasteiger partial charge in [-0.3, -0.25) is 0 Å². The van der Waals surface area contributed by atoms with Crippen molar-refractivity contribution in [2.45, 2.75) is 83.3 Å². The summed E-state index contributed by atoms with van der Waals surface area (Å²) in [6, 6.07) is 3.89. The molecule has 1 N–H and O–H groups in total. The van der Waals surface area contributed by atoms with E-state index in [9.17, 15) is 9.90 Å². The van der Waals surface area contributed by atoms with Crippen molar-refractivity contribution in [1.82, 2.24) is 0 Å². The number of hydrogen-bond donors (Lipinski definition) is 1. The number of ether oxygens (including phenoxy) is 2. The Morgan fingerprint density at radius 1 is 0.914 bits per heavy atom. The lowest BCUT2D eigenvalue weighted by atomic mass is 9.83. The second-order valence-electron chi connectivity index (χ2n) is 11.5. The van der Waals surface area contributed by atoms with E-state index < -0.39 is 42.3 Å². The lowest BCUT2D eigenvalue weighted by Gasteiger charge is -2.55. The van der Waals surface area contributed by atoms with Crippen LogP contribution in [0.15, 0.2) is 18.2 Å². The molecule has 1 aromatic carbocycles. The van der Waals surface area contributed by atoms with E-state index in [1.54, 1.807) is 26.4 Å². The molecule has 3 radical (unpaired) electrons. The van der Waals surface area contributed by atoms with E-state index in [1.807, 2.05) is 13.0 Å². The Morgan fingerprint density at radius 3 is 1.74 bits per heavy atom. The first-order valence-corrected chi connectivity index (χ1v) is 22.6. The quantitative estimate of drug-likeness (QED) is 0.186. The molecule has 35 heavy (non-hydrogen) atoms. The average molecular weight is 556 g/mol. The van der Waals surface area contributed by atoms with Crippen LogP contribution in [-0.4, -0.2) is 66.3 Å². The molecule has 1 unspecified atom stereocenters. The molecule has 7 nitrogen and oxygen atoms in total. The van der Waals surface area contributed by atoms with Crippen molar-refractivity contribution in [2.75, 3.05) is 14.2 Å². The Hall–Kier alpha value is -1.22. The molecule has 0 aliphatic heterocycles. The summed E-state index contributed by atoms with van der Waals surface area (Å²) in [4.78, 5) is 11.5. The highest BCUT2D eigenvalue weighted by Gasteiger charge is 2.58. The minimum absolute atomic E-state index is 0.324. The van der Waals surface area contributed by atoms with Crippen molar-refractivity contribution in [1.29, 1.82) is 0 Å². The molecule has 0 aliphatic carbocycles. The van der Waals surface area contributed by atoms with E-state index in [-0.39, 0.29) is 0 Å². The second kappa shape index (κ2) is 11.4. The van der Waals surface area contributed by atoms with Crippen LogP contribution in [0.3, 0.4) is 0 Å². The maximum Gasteiger partial charge on any atom is 0.328 e. The molecule has 0 aliphatic rings. The van der Waals surface area contributed by atoms with Gasteiger partial charge in [-0.2, -0.15) is 0 Å². The fourth-order valence-corrected chi connectivity index (χ4v) is 9.04. The van der Waals surface area contributed by atoms with Crippen molar-refractivity contribution in [3.63, 3.8) is 0 Å². The number of hydrogen-bond acceptors (Lipinski definition) is 6. The summed E-state index contributed by atoms with van der Waals surface area (Å²) < 4.78 is 32.4. The lowest BCUT2D eigenvalue weighted by Crippen LogP contribution is -2.64. The van der Waals surface area contributed by atoms with E-state index in [1.165, 1.54) is 0 Å². The molecule has 0 fully saturated rings. The van der Waals surface area contributed by atoms with E-state index in [2.05, 4.69) is 69.2 Å². The Labute approximate surface area is 218 Å². The van der Waals surface area contributed by atoms with E-state index >= 15 is 0 Å². The van der Waals surface area contributed by atoms with Gasteiger partial charge in [0, 0.05) is 21.9 Å². The third-order valence-electron chi connectivity index (χ3n) is 4.87. The van der Waals surface area contributed by atoms with Crippen molar-refractivity contribution < 1.29 is 32.7 Å². The molecule has 1 rings (SSSR count). The first-order valence-electron chi connectivity index (χ1n) is 11.7. The first kappa shape index (κ1) is 31.8. The van der Waals surface area contributed by atoms with Crippen LogP contribution >= 0.6 is 0 Å². The van der Waals surface area contributed by atoms with Gasteiger partial charge in [0.1, 0.15) is 5.60 Å². The highest BCUT2D eigenvalue weighted by atomic mass is 28.4. The third-order valence-corrected chi connectivity index (χ3v) is 8.24. The van der Waals surface area contributed by atoms with Gasteiger partial charge in [0.2, 0.25) is 0 Å². The zero-order valence-electron chi connectivity index (χ0n) is 23.4. The Balaban J connectivity index is 4.32. The third kappa shape index (κ3) is 8.41. The fraction of sp³-hybridized carbons (Fsp3) is 0.625.